The fraction of sp³-hybridized carbons (Fsp3) is 0.250. The maximum absolute atomic E-state index is 5.68. The van der Waals surface area contributed by atoms with Crippen molar-refractivity contribution in [2.24, 2.45) is 5.73 Å². The molecule has 0 spiro atoms. The molecule has 0 amide bonds. The molecule has 2 rings (SSSR count). The smallest absolute Gasteiger partial charge is 0.123 e. The van der Waals surface area contributed by atoms with E-state index >= 15 is 0 Å². The highest BCUT2D eigenvalue weighted by Crippen LogP contribution is 2.18. The lowest BCUT2D eigenvalue weighted by atomic mass is 10.2. The van der Waals surface area contributed by atoms with Gasteiger partial charge in [-0.25, -0.2) is 0 Å². The molecule has 0 aromatic heterocycles. The minimum atomic E-state index is 0.481. The summed E-state index contributed by atoms with van der Waals surface area (Å²) in [7, 11) is 0. The van der Waals surface area contributed by atoms with Gasteiger partial charge in [0.25, 0.3) is 0 Å². The highest BCUT2D eigenvalue weighted by atomic mass is 16.5. The number of rotatable bonds is 6. The average molecular weight is 257 g/mol. The van der Waals surface area contributed by atoms with Crippen LogP contribution >= 0.6 is 0 Å². The van der Waals surface area contributed by atoms with Crippen molar-refractivity contribution >= 4 is 0 Å². The second-order valence-corrected chi connectivity index (χ2v) is 4.27. The molecular formula is C16H19NO2. The Hall–Kier alpha value is -2.00. The molecule has 3 heteroatoms. The minimum absolute atomic E-state index is 0.481. The van der Waals surface area contributed by atoms with Gasteiger partial charge >= 0.3 is 0 Å². The molecule has 3 nitrogen and oxygen atoms in total. The third-order valence-electron chi connectivity index (χ3n) is 2.88. The number of hydrogen-bond acceptors (Lipinski definition) is 3. The van der Waals surface area contributed by atoms with Crippen LogP contribution < -0.4 is 15.2 Å². The number of nitrogens with two attached hydrogens (primary N) is 1. The molecule has 0 bridgehead atoms. The zero-order valence-corrected chi connectivity index (χ0v) is 11.1. The summed E-state index contributed by atoms with van der Waals surface area (Å²) in [6, 6.07) is 15.7. The summed E-state index contributed by atoms with van der Waals surface area (Å²) in [5.74, 6) is 1.73. The molecule has 0 saturated carbocycles. The first kappa shape index (κ1) is 13.4. The van der Waals surface area contributed by atoms with Crippen LogP contribution in [0.15, 0.2) is 48.5 Å². The fourth-order valence-electron chi connectivity index (χ4n) is 1.83. The van der Waals surface area contributed by atoms with Crippen LogP contribution in [0.4, 0.5) is 0 Å². The van der Waals surface area contributed by atoms with E-state index in [1.807, 2.05) is 55.5 Å². The number of para-hydroxylation sites is 2. The molecule has 0 aliphatic heterocycles. The van der Waals surface area contributed by atoms with Crippen molar-refractivity contribution in [3.05, 3.63) is 59.7 Å². The monoisotopic (exact) mass is 257 g/mol. The van der Waals surface area contributed by atoms with E-state index in [1.54, 1.807) is 0 Å². The van der Waals surface area contributed by atoms with Crippen LogP contribution in [0.5, 0.6) is 11.5 Å². The number of benzene rings is 2. The fourth-order valence-corrected chi connectivity index (χ4v) is 1.83. The van der Waals surface area contributed by atoms with Crippen LogP contribution in [0.2, 0.25) is 0 Å². The topological polar surface area (TPSA) is 44.5 Å². The first-order valence-electron chi connectivity index (χ1n) is 6.40. The second kappa shape index (κ2) is 6.81. The Balaban J connectivity index is 1.83. The Labute approximate surface area is 114 Å². The van der Waals surface area contributed by atoms with Crippen molar-refractivity contribution in [3.8, 4) is 11.5 Å². The molecule has 0 radical (unpaired) electrons. The van der Waals surface area contributed by atoms with Crippen molar-refractivity contribution in [1.82, 2.24) is 0 Å². The van der Waals surface area contributed by atoms with Gasteiger partial charge in [-0.2, -0.15) is 0 Å². The molecule has 0 saturated heterocycles. The maximum Gasteiger partial charge on any atom is 0.123 e. The molecule has 0 aliphatic rings. The lowest BCUT2D eigenvalue weighted by Gasteiger charge is -2.12. The van der Waals surface area contributed by atoms with E-state index in [1.165, 1.54) is 0 Å². The van der Waals surface area contributed by atoms with Crippen LogP contribution in [-0.2, 0) is 6.54 Å². The van der Waals surface area contributed by atoms with Crippen molar-refractivity contribution in [2.75, 3.05) is 13.2 Å². The third kappa shape index (κ3) is 3.73. The predicted molar refractivity (Wildman–Crippen MR) is 76.5 cm³/mol. The van der Waals surface area contributed by atoms with Crippen LogP contribution in [0.25, 0.3) is 0 Å². The molecule has 0 aliphatic carbocycles. The van der Waals surface area contributed by atoms with Gasteiger partial charge in [-0.15, -0.1) is 0 Å². The van der Waals surface area contributed by atoms with E-state index in [9.17, 15) is 0 Å². The van der Waals surface area contributed by atoms with E-state index in [-0.39, 0.29) is 0 Å². The van der Waals surface area contributed by atoms with Crippen molar-refractivity contribution in [2.45, 2.75) is 13.5 Å². The summed E-state index contributed by atoms with van der Waals surface area (Å²) in [4.78, 5) is 0. The maximum atomic E-state index is 5.68. The highest BCUT2D eigenvalue weighted by molar-refractivity contribution is 5.33. The van der Waals surface area contributed by atoms with E-state index in [0.29, 0.717) is 19.8 Å². The SMILES string of the molecule is Cc1ccccc1OCCOc1ccccc1CN. The van der Waals surface area contributed by atoms with Crippen LogP contribution in [-0.4, -0.2) is 13.2 Å². The number of aryl methyl sites for hydroxylation is 1. The van der Waals surface area contributed by atoms with E-state index in [2.05, 4.69) is 0 Å². The third-order valence-corrected chi connectivity index (χ3v) is 2.88. The van der Waals surface area contributed by atoms with Gasteiger partial charge in [0, 0.05) is 12.1 Å². The summed E-state index contributed by atoms with van der Waals surface area (Å²) in [6.45, 7) is 3.53. The van der Waals surface area contributed by atoms with E-state index in [0.717, 1.165) is 22.6 Å². The number of ether oxygens (including phenoxy) is 2. The molecular weight excluding hydrogens is 238 g/mol. The minimum Gasteiger partial charge on any atom is -0.490 e. The van der Waals surface area contributed by atoms with Crippen molar-refractivity contribution in [3.63, 3.8) is 0 Å². The Kier molecular flexibility index (Phi) is 4.81. The van der Waals surface area contributed by atoms with Gasteiger partial charge < -0.3 is 15.2 Å². The van der Waals surface area contributed by atoms with Gasteiger partial charge in [0.15, 0.2) is 0 Å². The Morgan fingerprint density at radius 3 is 2.11 bits per heavy atom. The molecule has 2 aromatic carbocycles. The molecule has 2 N–H and O–H groups in total. The Morgan fingerprint density at radius 2 is 1.42 bits per heavy atom. The predicted octanol–water partition coefficient (Wildman–Crippen LogP) is 2.91. The van der Waals surface area contributed by atoms with E-state index < -0.39 is 0 Å². The summed E-state index contributed by atoms with van der Waals surface area (Å²) in [5, 5.41) is 0. The van der Waals surface area contributed by atoms with Gasteiger partial charge in [-0.1, -0.05) is 36.4 Å². The molecule has 0 heterocycles. The van der Waals surface area contributed by atoms with Gasteiger partial charge in [0.2, 0.25) is 0 Å². The summed E-state index contributed by atoms with van der Waals surface area (Å²) in [5.41, 5.74) is 7.80. The Bertz CT molecular complexity index is 526. The lowest BCUT2D eigenvalue weighted by Crippen LogP contribution is -2.11. The lowest BCUT2D eigenvalue weighted by molar-refractivity contribution is 0.215. The van der Waals surface area contributed by atoms with Gasteiger partial charge in [0.1, 0.15) is 24.7 Å². The highest BCUT2D eigenvalue weighted by Gasteiger charge is 2.01. The zero-order chi connectivity index (χ0) is 13.5. The first-order valence-corrected chi connectivity index (χ1v) is 6.40. The second-order valence-electron chi connectivity index (χ2n) is 4.27. The summed E-state index contributed by atoms with van der Waals surface area (Å²) < 4.78 is 11.4. The quantitative estimate of drug-likeness (QED) is 0.809. The zero-order valence-electron chi connectivity index (χ0n) is 11.1. The Morgan fingerprint density at radius 1 is 0.842 bits per heavy atom. The van der Waals surface area contributed by atoms with Gasteiger partial charge in [0.05, 0.1) is 0 Å². The van der Waals surface area contributed by atoms with Crippen LogP contribution in [0.3, 0.4) is 0 Å². The first-order chi connectivity index (χ1) is 9.31. The van der Waals surface area contributed by atoms with Gasteiger partial charge in [-0.05, 0) is 24.6 Å². The normalized spacial score (nSPS) is 10.2. The van der Waals surface area contributed by atoms with Crippen LogP contribution in [0, 0.1) is 6.92 Å². The van der Waals surface area contributed by atoms with E-state index in [4.69, 9.17) is 15.2 Å². The van der Waals surface area contributed by atoms with Crippen molar-refractivity contribution in [1.29, 1.82) is 0 Å². The van der Waals surface area contributed by atoms with Crippen LogP contribution in [0.1, 0.15) is 11.1 Å². The molecule has 0 fully saturated rings. The number of hydrogen-bond donors (Lipinski definition) is 1. The summed E-state index contributed by atoms with van der Waals surface area (Å²) in [6.07, 6.45) is 0. The largest absolute Gasteiger partial charge is 0.490 e. The molecule has 2 aromatic rings. The molecule has 0 unspecified atom stereocenters. The summed E-state index contributed by atoms with van der Waals surface area (Å²) >= 11 is 0. The standard InChI is InChI=1S/C16H19NO2/c1-13-6-2-4-8-15(13)18-10-11-19-16-9-5-3-7-14(16)12-17/h2-9H,10-12,17H2,1H3. The van der Waals surface area contributed by atoms with Gasteiger partial charge in [-0.3, -0.25) is 0 Å². The molecule has 100 valence electrons. The molecule has 0 atom stereocenters. The van der Waals surface area contributed by atoms with Crippen molar-refractivity contribution < 1.29 is 9.47 Å². The average Bonchev–Trinajstić information content (AvgIpc) is 2.45. The molecule has 19 heavy (non-hydrogen) atoms.